The van der Waals surface area contributed by atoms with Gasteiger partial charge in [-0.05, 0) is 44.6 Å². The first-order chi connectivity index (χ1) is 8.92. The average Bonchev–Trinajstić information content (AvgIpc) is 2.69. The van der Waals surface area contributed by atoms with Crippen molar-refractivity contribution in [2.45, 2.75) is 18.3 Å². The normalized spacial score (nSPS) is 22.7. The maximum Gasteiger partial charge on any atom is 0.232 e. The Morgan fingerprint density at radius 1 is 1.16 bits per heavy atom. The van der Waals surface area contributed by atoms with Crippen LogP contribution in [-0.2, 0) is 15.4 Å². The third kappa shape index (κ3) is 2.05. The summed E-state index contributed by atoms with van der Waals surface area (Å²) in [5, 5.41) is 0. The monoisotopic (exact) mass is 280 g/mol. The van der Waals surface area contributed by atoms with Gasteiger partial charge in [0.1, 0.15) is 0 Å². The van der Waals surface area contributed by atoms with Crippen LogP contribution in [0, 0.1) is 0 Å². The molecule has 5 heteroatoms. The van der Waals surface area contributed by atoms with Crippen molar-refractivity contribution in [1.82, 2.24) is 4.90 Å². The number of likely N-dealkylation sites (tertiary alicyclic amines) is 1. The lowest BCUT2D eigenvalue weighted by atomic mass is 9.74. The molecule has 104 valence electrons. The summed E-state index contributed by atoms with van der Waals surface area (Å²) in [6.45, 7) is 2.68. The van der Waals surface area contributed by atoms with E-state index >= 15 is 0 Å². The number of para-hydroxylation sites is 1. The van der Waals surface area contributed by atoms with Crippen molar-refractivity contribution in [2.75, 3.05) is 37.2 Å². The van der Waals surface area contributed by atoms with Crippen LogP contribution in [0.5, 0.6) is 0 Å². The highest BCUT2D eigenvalue weighted by atomic mass is 32.2. The highest BCUT2D eigenvalue weighted by Crippen LogP contribution is 2.47. The van der Waals surface area contributed by atoms with Crippen molar-refractivity contribution >= 4 is 15.7 Å². The van der Waals surface area contributed by atoms with Crippen LogP contribution in [0.2, 0.25) is 0 Å². The van der Waals surface area contributed by atoms with Gasteiger partial charge in [0.15, 0.2) is 0 Å². The SMILES string of the molecule is CN1CCC2(CC1)CN(S(C)(=O)=O)c1ccccc12. The van der Waals surface area contributed by atoms with E-state index in [4.69, 9.17) is 0 Å². The third-order valence-corrected chi connectivity index (χ3v) is 5.66. The molecule has 0 saturated carbocycles. The van der Waals surface area contributed by atoms with Gasteiger partial charge in [-0.15, -0.1) is 0 Å². The van der Waals surface area contributed by atoms with E-state index in [9.17, 15) is 8.42 Å². The Labute approximate surface area is 115 Å². The largest absolute Gasteiger partial charge is 0.306 e. The molecule has 3 rings (SSSR count). The van der Waals surface area contributed by atoms with Crippen LogP contribution in [0.1, 0.15) is 18.4 Å². The van der Waals surface area contributed by atoms with Crippen LogP contribution in [0.4, 0.5) is 5.69 Å². The van der Waals surface area contributed by atoms with E-state index in [1.807, 2.05) is 18.2 Å². The Morgan fingerprint density at radius 2 is 1.79 bits per heavy atom. The standard InChI is InChI=1S/C14H20N2O2S/c1-15-9-7-14(8-10-15)11-16(19(2,17)18)13-6-4-3-5-12(13)14/h3-6H,7-11H2,1-2H3. The second-order valence-electron chi connectivity index (χ2n) is 5.87. The molecule has 1 saturated heterocycles. The minimum Gasteiger partial charge on any atom is -0.306 e. The maximum absolute atomic E-state index is 12.0. The van der Waals surface area contributed by atoms with E-state index < -0.39 is 10.0 Å². The first kappa shape index (κ1) is 12.9. The molecule has 0 aliphatic carbocycles. The van der Waals surface area contributed by atoms with Crippen molar-refractivity contribution in [1.29, 1.82) is 0 Å². The smallest absolute Gasteiger partial charge is 0.232 e. The number of anilines is 1. The first-order valence-electron chi connectivity index (χ1n) is 6.68. The molecule has 1 aromatic rings. The molecular formula is C14H20N2O2S. The van der Waals surface area contributed by atoms with E-state index in [1.165, 1.54) is 11.8 Å². The van der Waals surface area contributed by atoms with Crippen molar-refractivity contribution in [3.05, 3.63) is 29.8 Å². The fraction of sp³-hybridized carbons (Fsp3) is 0.571. The zero-order valence-electron chi connectivity index (χ0n) is 11.5. The number of piperidine rings is 1. The van der Waals surface area contributed by atoms with E-state index in [1.54, 1.807) is 4.31 Å². The molecule has 1 spiro atoms. The molecule has 0 N–H and O–H groups in total. The molecule has 0 atom stereocenters. The molecular weight excluding hydrogens is 260 g/mol. The van der Waals surface area contributed by atoms with Gasteiger partial charge in [-0.2, -0.15) is 0 Å². The van der Waals surface area contributed by atoms with Gasteiger partial charge in [0.25, 0.3) is 0 Å². The Bertz CT molecular complexity index is 589. The summed E-state index contributed by atoms with van der Waals surface area (Å²) < 4.78 is 25.6. The summed E-state index contributed by atoms with van der Waals surface area (Å²) in [7, 11) is -1.06. The fourth-order valence-corrected chi connectivity index (χ4v) is 4.35. The maximum atomic E-state index is 12.0. The molecule has 1 aromatic carbocycles. The number of hydrogen-bond donors (Lipinski definition) is 0. The molecule has 4 nitrogen and oxygen atoms in total. The van der Waals surface area contributed by atoms with Gasteiger partial charge in [0.2, 0.25) is 10.0 Å². The Morgan fingerprint density at radius 3 is 2.42 bits per heavy atom. The molecule has 2 aliphatic rings. The number of sulfonamides is 1. The third-order valence-electron chi connectivity index (χ3n) is 4.53. The fourth-order valence-electron chi connectivity index (χ4n) is 3.35. The molecule has 2 aliphatic heterocycles. The molecule has 19 heavy (non-hydrogen) atoms. The number of fused-ring (bicyclic) bond motifs is 2. The van der Waals surface area contributed by atoms with Crippen LogP contribution >= 0.6 is 0 Å². The molecule has 2 heterocycles. The van der Waals surface area contributed by atoms with Gasteiger partial charge in [-0.25, -0.2) is 8.42 Å². The predicted molar refractivity (Wildman–Crippen MR) is 77.0 cm³/mol. The Kier molecular flexibility index (Phi) is 2.87. The number of rotatable bonds is 1. The summed E-state index contributed by atoms with van der Waals surface area (Å²) >= 11 is 0. The van der Waals surface area contributed by atoms with Gasteiger partial charge in [-0.3, -0.25) is 4.31 Å². The molecule has 0 bridgehead atoms. The number of hydrogen-bond acceptors (Lipinski definition) is 3. The van der Waals surface area contributed by atoms with E-state index in [-0.39, 0.29) is 5.41 Å². The highest BCUT2D eigenvalue weighted by molar-refractivity contribution is 7.92. The van der Waals surface area contributed by atoms with Crippen molar-refractivity contribution in [2.24, 2.45) is 0 Å². The van der Waals surface area contributed by atoms with Crippen LogP contribution in [0.3, 0.4) is 0 Å². The Hall–Kier alpha value is -1.07. The zero-order valence-corrected chi connectivity index (χ0v) is 12.3. The van der Waals surface area contributed by atoms with Gasteiger partial charge in [0.05, 0.1) is 11.9 Å². The molecule has 0 amide bonds. The van der Waals surface area contributed by atoms with Gasteiger partial charge < -0.3 is 4.90 Å². The highest BCUT2D eigenvalue weighted by Gasteiger charge is 2.46. The molecule has 0 aromatic heterocycles. The van der Waals surface area contributed by atoms with Gasteiger partial charge >= 0.3 is 0 Å². The van der Waals surface area contributed by atoms with Gasteiger partial charge in [-0.1, -0.05) is 18.2 Å². The molecule has 1 fully saturated rings. The molecule has 0 unspecified atom stereocenters. The summed E-state index contributed by atoms with van der Waals surface area (Å²) in [4.78, 5) is 2.32. The molecule has 0 radical (unpaired) electrons. The quantitative estimate of drug-likeness (QED) is 0.781. The van der Waals surface area contributed by atoms with Gasteiger partial charge in [0, 0.05) is 12.0 Å². The second-order valence-corrected chi connectivity index (χ2v) is 7.78. The Balaban J connectivity index is 2.07. The van der Waals surface area contributed by atoms with E-state index in [2.05, 4.69) is 18.0 Å². The minimum atomic E-state index is -3.19. The second kappa shape index (κ2) is 4.21. The average molecular weight is 280 g/mol. The zero-order chi connectivity index (χ0) is 13.7. The van der Waals surface area contributed by atoms with Crippen molar-refractivity contribution in [3.63, 3.8) is 0 Å². The predicted octanol–water partition coefficient (Wildman–Crippen LogP) is 1.43. The van der Waals surface area contributed by atoms with E-state index in [0.29, 0.717) is 6.54 Å². The van der Waals surface area contributed by atoms with Crippen molar-refractivity contribution < 1.29 is 8.42 Å². The first-order valence-corrected chi connectivity index (χ1v) is 8.53. The summed E-state index contributed by atoms with van der Waals surface area (Å²) in [5.41, 5.74) is 2.12. The van der Waals surface area contributed by atoms with E-state index in [0.717, 1.165) is 31.6 Å². The van der Waals surface area contributed by atoms with Crippen LogP contribution < -0.4 is 4.31 Å². The topological polar surface area (TPSA) is 40.6 Å². The van der Waals surface area contributed by atoms with Crippen LogP contribution in [-0.4, -0.2) is 46.3 Å². The lowest BCUT2D eigenvalue weighted by molar-refractivity contribution is 0.198. The summed E-state index contributed by atoms with van der Waals surface area (Å²) in [6.07, 6.45) is 3.37. The summed E-state index contributed by atoms with van der Waals surface area (Å²) in [5.74, 6) is 0. The number of nitrogens with zero attached hydrogens (tertiary/aromatic N) is 2. The minimum absolute atomic E-state index is 0.0200. The number of benzene rings is 1. The van der Waals surface area contributed by atoms with Crippen LogP contribution in [0.15, 0.2) is 24.3 Å². The summed E-state index contributed by atoms with van der Waals surface area (Å²) in [6, 6.07) is 7.98. The van der Waals surface area contributed by atoms with Crippen LogP contribution in [0.25, 0.3) is 0 Å². The lowest BCUT2D eigenvalue weighted by Gasteiger charge is -2.38. The van der Waals surface area contributed by atoms with Crippen molar-refractivity contribution in [3.8, 4) is 0 Å². The lowest BCUT2D eigenvalue weighted by Crippen LogP contribution is -2.44.